The molecule has 0 unspecified atom stereocenters. The summed E-state index contributed by atoms with van der Waals surface area (Å²) < 4.78 is 4.82. The van der Waals surface area contributed by atoms with Gasteiger partial charge >= 0.3 is 6.09 Å². The number of rotatable bonds is 3. The van der Waals surface area contributed by atoms with E-state index in [1.807, 2.05) is 0 Å². The first-order valence-corrected chi connectivity index (χ1v) is 5.63. The van der Waals surface area contributed by atoms with Crippen LogP contribution < -0.4 is 5.32 Å². The summed E-state index contributed by atoms with van der Waals surface area (Å²) >= 11 is 0. The number of ketones is 1. The number of nitrogens with one attached hydrogen (secondary N) is 1. The number of hydrogen-bond acceptors (Lipinski definition) is 3. The van der Waals surface area contributed by atoms with Gasteiger partial charge in [-0.3, -0.25) is 4.79 Å². The van der Waals surface area contributed by atoms with Gasteiger partial charge in [0.25, 0.3) is 0 Å². The van der Waals surface area contributed by atoms with E-state index in [0.717, 1.165) is 25.7 Å². The molecule has 0 heterocycles. The highest BCUT2D eigenvalue weighted by Gasteiger charge is 2.25. The highest BCUT2D eigenvalue weighted by Crippen LogP contribution is 2.24. The molecule has 0 aromatic heterocycles. The van der Waals surface area contributed by atoms with E-state index in [1.165, 1.54) is 0 Å². The zero-order valence-corrected chi connectivity index (χ0v) is 9.91. The summed E-state index contributed by atoms with van der Waals surface area (Å²) in [6.07, 6.45) is 2.95. The van der Waals surface area contributed by atoms with Gasteiger partial charge in [0.1, 0.15) is 5.78 Å². The molecule has 0 atom stereocenters. The first kappa shape index (κ1) is 12.7. The van der Waals surface area contributed by atoms with Crippen molar-refractivity contribution in [1.29, 1.82) is 0 Å². The summed E-state index contributed by atoms with van der Waals surface area (Å²) in [5.74, 6) is 0.813. The monoisotopic (exact) mass is 225 g/mol. The summed E-state index contributed by atoms with van der Waals surface area (Å²) in [6, 6.07) is 0.127. The van der Waals surface area contributed by atoms with Crippen LogP contribution in [0.1, 0.15) is 39.5 Å². The molecule has 1 aliphatic carbocycles. The molecule has 0 spiro atoms. The molecule has 1 fully saturated rings. The number of alkyl carbamates (subject to hydrolysis) is 1. The van der Waals surface area contributed by atoms with Crippen molar-refractivity contribution in [2.75, 3.05) is 0 Å². The summed E-state index contributed by atoms with van der Waals surface area (Å²) in [5, 5.41) is 2.78. The zero-order chi connectivity index (χ0) is 12.1. The van der Waals surface area contributed by atoms with Crippen LogP contribution in [0.3, 0.4) is 0 Å². The van der Waals surface area contributed by atoms with Crippen molar-refractivity contribution in [3.63, 3.8) is 0 Å². The van der Waals surface area contributed by atoms with Gasteiger partial charge in [0.15, 0.2) is 0 Å². The maximum absolute atomic E-state index is 11.3. The Labute approximate surface area is 96.0 Å². The minimum atomic E-state index is -0.446. The number of carbonyl (C=O) groups excluding carboxylic acids is 2. The van der Waals surface area contributed by atoms with Gasteiger partial charge in [0.2, 0.25) is 0 Å². The van der Waals surface area contributed by atoms with Gasteiger partial charge in [-0.15, -0.1) is 0 Å². The smallest absolute Gasteiger partial charge is 0.412 e. The van der Waals surface area contributed by atoms with E-state index in [1.54, 1.807) is 13.8 Å². The van der Waals surface area contributed by atoms with Crippen LogP contribution >= 0.6 is 0 Å². The van der Waals surface area contributed by atoms with Crippen LogP contribution in [0.15, 0.2) is 12.3 Å². The van der Waals surface area contributed by atoms with Crippen molar-refractivity contribution < 1.29 is 14.3 Å². The molecule has 4 heteroatoms. The van der Waals surface area contributed by atoms with E-state index in [4.69, 9.17) is 4.74 Å². The molecule has 0 saturated heterocycles. The van der Waals surface area contributed by atoms with Gasteiger partial charge < -0.3 is 10.1 Å². The largest absolute Gasteiger partial charge is 0.416 e. The Morgan fingerprint density at radius 1 is 1.19 bits per heavy atom. The molecule has 1 amide bonds. The lowest BCUT2D eigenvalue weighted by Crippen LogP contribution is -2.38. The highest BCUT2D eigenvalue weighted by atomic mass is 16.6. The van der Waals surface area contributed by atoms with Crippen LogP contribution in [-0.2, 0) is 9.53 Å². The number of amides is 1. The molecule has 1 aliphatic rings. The molecule has 90 valence electrons. The van der Waals surface area contributed by atoms with Gasteiger partial charge in [-0.05, 0) is 39.5 Å². The molecule has 1 rings (SSSR count). The van der Waals surface area contributed by atoms with Crippen molar-refractivity contribution in [1.82, 2.24) is 5.32 Å². The molecule has 0 aliphatic heterocycles. The molecule has 0 bridgehead atoms. The van der Waals surface area contributed by atoms with Crippen LogP contribution in [-0.4, -0.2) is 17.9 Å². The fourth-order valence-corrected chi connectivity index (χ4v) is 2.00. The Balaban J connectivity index is 2.29. The van der Waals surface area contributed by atoms with Crippen LogP contribution in [0.4, 0.5) is 4.79 Å². The van der Waals surface area contributed by atoms with Gasteiger partial charge in [-0.2, -0.15) is 0 Å². The van der Waals surface area contributed by atoms with E-state index in [9.17, 15) is 9.59 Å². The number of ether oxygens (including phenoxy) is 1. The Kier molecular flexibility index (Phi) is 4.52. The van der Waals surface area contributed by atoms with Crippen molar-refractivity contribution in [3.8, 4) is 0 Å². The van der Waals surface area contributed by atoms with Gasteiger partial charge in [-0.1, -0.05) is 6.58 Å². The Bertz CT molecular complexity index is 291. The SMILES string of the molecule is C=C(C)OC(=O)NC1CCC(C(C)=O)CC1. The number of carbonyl (C=O) groups is 2. The summed E-state index contributed by atoms with van der Waals surface area (Å²) in [6.45, 7) is 6.76. The average Bonchev–Trinajstić information content (AvgIpc) is 2.16. The predicted octanol–water partition coefficient (Wildman–Crippen LogP) is 2.39. The highest BCUT2D eigenvalue weighted by molar-refractivity contribution is 5.78. The van der Waals surface area contributed by atoms with Gasteiger partial charge in [0, 0.05) is 12.0 Å². The van der Waals surface area contributed by atoms with Gasteiger partial charge in [-0.25, -0.2) is 4.79 Å². The second-order valence-corrected chi connectivity index (χ2v) is 4.40. The molecule has 4 nitrogen and oxygen atoms in total. The predicted molar refractivity (Wildman–Crippen MR) is 60.9 cm³/mol. The third-order valence-corrected chi connectivity index (χ3v) is 2.89. The lowest BCUT2D eigenvalue weighted by molar-refractivity contribution is -0.121. The first-order chi connectivity index (χ1) is 7.49. The average molecular weight is 225 g/mol. The van der Waals surface area contributed by atoms with Crippen LogP contribution in [0.25, 0.3) is 0 Å². The lowest BCUT2D eigenvalue weighted by atomic mass is 9.84. The standard InChI is InChI=1S/C12H19NO3/c1-8(2)16-12(15)13-11-6-4-10(5-7-11)9(3)14/h10-11H,1,4-7H2,2-3H3,(H,13,15). The van der Waals surface area contributed by atoms with E-state index in [-0.39, 0.29) is 17.7 Å². The quantitative estimate of drug-likeness (QED) is 0.750. The van der Waals surface area contributed by atoms with E-state index < -0.39 is 6.09 Å². The van der Waals surface area contributed by atoms with Crippen molar-refractivity contribution >= 4 is 11.9 Å². The summed E-state index contributed by atoms with van der Waals surface area (Å²) in [4.78, 5) is 22.4. The first-order valence-electron chi connectivity index (χ1n) is 5.63. The molecule has 0 radical (unpaired) electrons. The van der Waals surface area contributed by atoms with Crippen molar-refractivity contribution in [3.05, 3.63) is 12.3 Å². The van der Waals surface area contributed by atoms with E-state index in [2.05, 4.69) is 11.9 Å². The maximum Gasteiger partial charge on any atom is 0.412 e. The minimum Gasteiger partial charge on any atom is -0.416 e. The topological polar surface area (TPSA) is 55.4 Å². The van der Waals surface area contributed by atoms with E-state index in [0.29, 0.717) is 5.76 Å². The zero-order valence-electron chi connectivity index (χ0n) is 9.91. The fraction of sp³-hybridized carbons (Fsp3) is 0.667. The lowest BCUT2D eigenvalue weighted by Gasteiger charge is -2.27. The number of allylic oxidation sites excluding steroid dienone is 1. The number of Topliss-reactive ketones (excluding diaryl/α,β-unsaturated/α-hetero) is 1. The Morgan fingerprint density at radius 3 is 2.19 bits per heavy atom. The van der Waals surface area contributed by atoms with E-state index >= 15 is 0 Å². The maximum atomic E-state index is 11.3. The van der Waals surface area contributed by atoms with Crippen molar-refractivity contribution in [2.45, 2.75) is 45.6 Å². The van der Waals surface area contributed by atoms with Gasteiger partial charge in [0.05, 0.1) is 5.76 Å². The molecule has 1 N–H and O–H groups in total. The third-order valence-electron chi connectivity index (χ3n) is 2.89. The van der Waals surface area contributed by atoms with Crippen LogP contribution in [0, 0.1) is 5.92 Å². The number of hydrogen-bond donors (Lipinski definition) is 1. The summed E-state index contributed by atoms with van der Waals surface area (Å²) in [7, 11) is 0. The normalized spacial score (nSPS) is 24.6. The molecule has 16 heavy (non-hydrogen) atoms. The Morgan fingerprint density at radius 2 is 1.75 bits per heavy atom. The second kappa shape index (κ2) is 5.68. The molecule has 0 aromatic carbocycles. The third kappa shape index (κ3) is 4.04. The van der Waals surface area contributed by atoms with Crippen LogP contribution in [0.5, 0.6) is 0 Å². The second-order valence-electron chi connectivity index (χ2n) is 4.40. The molecule has 0 aromatic rings. The molecular weight excluding hydrogens is 206 g/mol. The molecular formula is C12H19NO3. The summed E-state index contributed by atoms with van der Waals surface area (Å²) in [5.41, 5.74) is 0. The van der Waals surface area contributed by atoms with Crippen molar-refractivity contribution in [2.24, 2.45) is 5.92 Å². The van der Waals surface area contributed by atoms with Crippen LogP contribution in [0.2, 0.25) is 0 Å². The Hall–Kier alpha value is -1.32. The minimum absolute atomic E-state index is 0.127. The molecule has 1 saturated carbocycles. The fourth-order valence-electron chi connectivity index (χ4n) is 2.00.